The first-order valence-electron chi connectivity index (χ1n) is 9.40. The zero-order chi connectivity index (χ0) is 19.9. The van der Waals surface area contributed by atoms with Gasteiger partial charge < -0.3 is 18.9 Å². The molecular formula is C22H30O5. The standard InChI is InChI=1S/C22H30O5/c1-22(2,3)13-11-14(23)19-15(24-4)9-8-12-10-16(25-5)20(26-6)21(27-7)17(12)18(13)19/h10,13,15H,8-9,11H2,1-7H3. The van der Waals surface area contributed by atoms with Gasteiger partial charge in [-0.25, -0.2) is 0 Å². The van der Waals surface area contributed by atoms with Crippen molar-refractivity contribution in [3.8, 4) is 17.2 Å². The van der Waals surface area contributed by atoms with Crippen LogP contribution in [0.25, 0.3) is 5.57 Å². The summed E-state index contributed by atoms with van der Waals surface area (Å²) in [5.74, 6) is 2.12. The first-order chi connectivity index (χ1) is 12.8. The number of methoxy groups -OCH3 is 4. The minimum atomic E-state index is -0.200. The van der Waals surface area contributed by atoms with Gasteiger partial charge in [0, 0.05) is 24.7 Å². The Kier molecular flexibility index (Phi) is 5.26. The Bertz CT molecular complexity index is 785. The molecule has 27 heavy (non-hydrogen) atoms. The number of aryl methyl sites for hydroxylation is 1. The monoisotopic (exact) mass is 374 g/mol. The normalized spacial score (nSPS) is 22.3. The van der Waals surface area contributed by atoms with Gasteiger partial charge in [0.1, 0.15) is 0 Å². The summed E-state index contributed by atoms with van der Waals surface area (Å²) >= 11 is 0. The van der Waals surface area contributed by atoms with E-state index in [1.165, 1.54) is 0 Å². The van der Waals surface area contributed by atoms with Crippen LogP contribution in [0.5, 0.6) is 17.2 Å². The SMILES string of the molecule is COc1cc2c(c(OC)c1OC)C1=C(C(=O)CC1C(C)(C)C)C(OC)CC2. The van der Waals surface area contributed by atoms with Crippen LogP contribution < -0.4 is 14.2 Å². The van der Waals surface area contributed by atoms with Crippen molar-refractivity contribution in [3.05, 3.63) is 22.8 Å². The fraction of sp³-hybridized carbons (Fsp3) is 0.591. The van der Waals surface area contributed by atoms with Crippen molar-refractivity contribution in [2.24, 2.45) is 11.3 Å². The highest BCUT2D eigenvalue weighted by Gasteiger charge is 2.45. The molecule has 0 bridgehead atoms. The van der Waals surface area contributed by atoms with Crippen LogP contribution in [0, 0.1) is 11.3 Å². The van der Waals surface area contributed by atoms with E-state index in [1.54, 1.807) is 28.4 Å². The largest absolute Gasteiger partial charge is 0.493 e. The molecule has 5 nitrogen and oxygen atoms in total. The Labute approximate surface area is 161 Å². The average molecular weight is 374 g/mol. The molecule has 0 spiro atoms. The Morgan fingerprint density at radius 1 is 0.963 bits per heavy atom. The number of fused-ring (bicyclic) bond motifs is 2. The summed E-state index contributed by atoms with van der Waals surface area (Å²) in [7, 11) is 6.55. The lowest BCUT2D eigenvalue weighted by Gasteiger charge is -2.31. The maximum absolute atomic E-state index is 13.0. The molecule has 2 aliphatic rings. The highest BCUT2D eigenvalue weighted by molar-refractivity contribution is 6.10. The predicted octanol–water partition coefficient (Wildman–Crippen LogP) is 4.06. The molecular weight excluding hydrogens is 344 g/mol. The third-order valence-corrected chi connectivity index (χ3v) is 5.84. The van der Waals surface area contributed by atoms with Gasteiger partial charge in [-0.15, -0.1) is 0 Å². The van der Waals surface area contributed by atoms with E-state index in [9.17, 15) is 4.79 Å². The van der Waals surface area contributed by atoms with E-state index < -0.39 is 0 Å². The topological polar surface area (TPSA) is 54.0 Å². The smallest absolute Gasteiger partial charge is 0.203 e. The van der Waals surface area contributed by atoms with Crippen LogP contribution >= 0.6 is 0 Å². The Morgan fingerprint density at radius 3 is 2.15 bits per heavy atom. The number of hydrogen-bond acceptors (Lipinski definition) is 5. The Morgan fingerprint density at radius 2 is 1.63 bits per heavy atom. The first-order valence-corrected chi connectivity index (χ1v) is 9.40. The van der Waals surface area contributed by atoms with Crippen molar-refractivity contribution in [1.29, 1.82) is 0 Å². The average Bonchev–Trinajstić information content (AvgIpc) is 2.89. The minimum Gasteiger partial charge on any atom is -0.493 e. The number of benzene rings is 1. The van der Waals surface area contributed by atoms with Gasteiger partial charge in [0.05, 0.1) is 27.4 Å². The molecule has 3 rings (SSSR count). The fourth-order valence-electron chi connectivity index (χ4n) is 4.50. The zero-order valence-corrected chi connectivity index (χ0v) is 17.4. The van der Waals surface area contributed by atoms with Crippen molar-refractivity contribution >= 4 is 11.4 Å². The van der Waals surface area contributed by atoms with Crippen LogP contribution in [0.2, 0.25) is 0 Å². The van der Waals surface area contributed by atoms with E-state index in [0.717, 1.165) is 35.1 Å². The van der Waals surface area contributed by atoms with Gasteiger partial charge in [-0.2, -0.15) is 0 Å². The number of hydrogen-bond donors (Lipinski definition) is 0. The molecule has 0 radical (unpaired) electrons. The molecule has 2 unspecified atom stereocenters. The Hall–Kier alpha value is -2.01. The summed E-state index contributed by atoms with van der Waals surface area (Å²) in [5, 5.41) is 0. The summed E-state index contributed by atoms with van der Waals surface area (Å²) in [6.07, 6.45) is 1.84. The molecule has 148 valence electrons. The molecule has 0 amide bonds. The quantitative estimate of drug-likeness (QED) is 0.795. The third kappa shape index (κ3) is 3.12. The van der Waals surface area contributed by atoms with Gasteiger partial charge in [0.15, 0.2) is 17.3 Å². The molecule has 1 aromatic rings. The molecule has 0 heterocycles. The van der Waals surface area contributed by atoms with Crippen LogP contribution in [0.1, 0.15) is 44.7 Å². The molecule has 5 heteroatoms. The summed E-state index contributed by atoms with van der Waals surface area (Å²) in [5.41, 5.74) is 3.90. The van der Waals surface area contributed by atoms with Gasteiger partial charge in [0.2, 0.25) is 5.75 Å². The molecule has 0 N–H and O–H groups in total. The molecule has 2 atom stereocenters. The van der Waals surface area contributed by atoms with Crippen molar-refractivity contribution in [2.75, 3.05) is 28.4 Å². The lowest BCUT2D eigenvalue weighted by Crippen LogP contribution is -2.21. The highest BCUT2D eigenvalue weighted by atomic mass is 16.5. The number of ether oxygens (including phenoxy) is 4. The molecule has 0 saturated heterocycles. The lowest BCUT2D eigenvalue weighted by atomic mass is 9.74. The maximum atomic E-state index is 13.0. The van der Waals surface area contributed by atoms with Crippen molar-refractivity contribution < 1.29 is 23.7 Å². The molecule has 1 aromatic carbocycles. The minimum absolute atomic E-state index is 0.0647. The lowest BCUT2D eigenvalue weighted by molar-refractivity contribution is -0.116. The molecule has 0 fully saturated rings. The molecule has 2 aliphatic carbocycles. The van der Waals surface area contributed by atoms with Gasteiger partial charge in [-0.05, 0) is 41.4 Å². The second kappa shape index (κ2) is 7.19. The molecule has 0 saturated carbocycles. The van der Waals surface area contributed by atoms with E-state index >= 15 is 0 Å². The first kappa shape index (κ1) is 19.7. The van der Waals surface area contributed by atoms with Gasteiger partial charge >= 0.3 is 0 Å². The summed E-state index contributed by atoms with van der Waals surface area (Å²) in [6.45, 7) is 6.54. The van der Waals surface area contributed by atoms with Gasteiger partial charge in [-0.3, -0.25) is 4.79 Å². The number of carbonyl (C=O) groups excluding carboxylic acids is 1. The second-order valence-corrected chi connectivity index (χ2v) is 8.32. The van der Waals surface area contributed by atoms with E-state index in [-0.39, 0.29) is 23.2 Å². The van der Waals surface area contributed by atoms with Gasteiger partial charge in [-0.1, -0.05) is 20.8 Å². The van der Waals surface area contributed by atoms with Crippen LogP contribution in [0.15, 0.2) is 11.6 Å². The predicted molar refractivity (Wildman–Crippen MR) is 105 cm³/mol. The zero-order valence-electron chi connectivity index (χ0n) is 17.4. The molecule has 0 aromatic heterocycles. The Balaban J connectivity index is 2.39. The number of allylic oxidation sites excluding steroid dienone is 1. The van der Waals surface area contributed by atoms with Crippen LogP contribution in [0.3, 0.4) is 0 Å². The summed E-state index contributed by atoms with van der Waals surface area (Å²) in [4.78, 5) is 13.0. The molecule has 0 aliphatic heterocycles. The van der Waals surface area contributed by atoms with Gasteiger partial charge in [0.25, 0.3) is 0 Å². The maximum Gasteiger partial charge on any atom is 0.203 e. The van der Waals surface area contributed by atoms with Crippen LogP contribution in [0.4, 0.5) is 0 Å². The number of ketones is 1. The summed E-state index contributed by atoms with van der Waals surface area (Å²) < 4.78 is 22.7. The highest BCUT2D eigenvalue weighted by Crippen LogP contribution is 2.55. The van der Waals surface area contributed by atoms with Crippen molar-refractivity contribution in [3.63, 3.8) is 0 Å². The summed E-state index contributed by atoms with van der Waals surface area (Å²) in [6, 6.07) is 2.02. The second-order valence-electron chi connectivity index (χ2n) is 8.32. The number of Topliss-reactive ketones (excluding diaryl/α,β-unsaturated/α-hetero) is 1. The number of rotatable bonds is 4. The van der Waals surface area contributed by atoms with Crippen LogP contribution in [-0.4, -0.2) is 40.3 Å². The van der Waals surface area contributed by atoms with E-state index in [0.29, 0.717) is 23.7 Å². The number of carbonyl (C=O) groups is 1. The van der Waals surface area contributed by atoms with Crippen molar-refractivity contribution in [2.45, 2.75) is 46.1 Å². The van der Waals surface area contributed by atoms with E-state index in [4.69, 9.17) is 18.9 Å². The fourth-order valence-corrected chi connectivity index (χ4v) is 4.50. The van der Waals surface area contributed by atoms with Crippen LogP contribution in [-0.2, 0) is 16.0 Å². The van der Waals surface area contributed by atoms with Crippen molar-refractivity contribution in [1.82, 2.24) is 0 Å². The van der Waals surface area contributed by atoms with E-state index in [1.807, 2.05) is 6.07 Å². The third-order valence-electron chi connectivity index (χ3n) is 5.84. The van der Waals surface area contributed by atoms with E-state index in [2.05, 4.69) is 20.8 Å².